The largest absolute Gasteiger partial charge is 0.341 e. The molecule has 0 saturated heterocycles. The van der Waals surface area contributed by atoms with Crippen LogP contribution >= 0.6 is 12.6 Å². The molecule has 1 aromatic carbocycles. The van der Waals surface area contributed by atoms with E-state index < -0.39 is 0 Å². The Hall–Kier alpha value is -0.960. The molecule has 3 heteroatoms. The van der Waals surface area contributed by atoms with E-state index in [-0.39, 0.29) is 5.82 Å². The third-order valence-corrected chi connectivity index (χ3v) is 2.91. The van der Waals surface area contributed by atoms with Gasteiger partial charge in [0.25, 0.3) is 0 Å². The minimum absolute atomic E-state index is 0.157. The molecule has 0 unspecified atom stereocenters. The smallest absolute Gasteiger partial charge is 0.132 e. The molecule has 1 aromatic heterocycles. The van der Waals surface area contributed by atoms with Crippen molar-refractivity contribution in [2.75, 3.05) is 0 Å². The number of rotatable bonds is 2. The van der Waals surface area contributed by atoms with E-state index in [0.29, 0.717) is 17.2 Å². The number of thiol groups is 1. The molecule has 0 spiro atoms. The second-order valence-corrected chi connectivity index (χ2v) is 4.25. The fourth-order valence-electron chi connectivity index (χ4n) is 2.00. The Balaban J connectivity index is 2.80. The Kier molecular flexibility index (Phi) is 2.74. The van der Waals surface area contributed by atoms with Crippen molar-refractivity contribution in [2.45, 2.75) is 25.6 Å². The van der Waals surface area contributed by atoms with Gasteiger partial charge in [-0.15, -0.1) is 0 Å². The number of hydrogen-bond acceptors (Lipinski definition) is 1. The van der Waals surface area contributed by atoms with Crippen LogP contribution in [0.4, 0.5) is 4.39 Å². The first-order chi connectivity index (χ1) is 7.15. The molecule has 0 aliphatic carbocycles. The Morgan fingerprint density at radius 3 is 2.73 bits per heavy atom. The van der Waals surface area contributed by atoms with Crippen LogP contribution in [0.15, 0.2) is 24.3 Å². The third kappa shape index (κ3) is 1.65. The van der Waals surface area contributed by atoms with Gasteiger partial charge in [0.15, 0.2) is 0 Å². The van der Waals surface area contributed by atoms with Gasteiger partial charge in [-0.1, -0.05) is 6.07 Å². The maximum atomic E-state index is 13.5. The summed E-state index contributed by atoms with van der Waals surface area (Å²) < 4.78 is 15.7. The zero-order chi connectivity index (χ0) is 11.0. The number of hydrogen-bond donors (Lipinski definition) is 1. The summed E-state index contributed by atoms with van der Waals surface area (Å²) in [6.07, 6.45) is 0. The molecular weight excluding hydrogens is 209 g/mol. The number of aromatic nitrogens is 1. The standard InChI is InChI=1S/C12H14FNS/c1-8(2)14-9(7-15)6-10-11(13)4-3-5-12(10)14/h3-6,8,15H,7H2,1-2H3. The molecule has 0 N–H and O–H groups in total. The van der Waals surface area contributed by atoms with Crippen molar-refractivity contribution in [3.8, 4) is 0 Å². The van der Waals surface area contributed by atoms with Crippen LogP contribution < -0.4 is 0 Å². The predicted octanol–water partition coefficient (Wildman–Crippen LogP) is 3.79. The van der Waals surface area contributed by atoms with E-state index in [0.717, 1.165) is 11.2 Å². The first kappa shape index (κ1) is 10.6. The molecule has 0 saturated carbocycles. The van der Waals surface area contributed by atoms with E-state index in [9.17, 15) is 4.39 Å². The fraction of sp³-hybridized carbons (Fsp3) is 0.333. The SMILES string of the molecule is CC(C)n1c(CS)cc2c(F)cccc21. The van der Waals surface area contributed by atoms with Gasteiger partial charge in [0.05, 0.1) is 5.52 Å². The molecule has 0 fully saturated rings. The molecule has 2 rings (SSSR count). The average Bonchev–Trinajstić information content (AvgIpc) is 2.57. The van der Waals surface area contributed by atoms with Crippen molar-refractivity contribution in [3.63, 3.8) is 0 Å². The molecule has 15 heavy (non-hydrogen) atoms. The minimum Gasteiger partial charge on any atom is -0.341 e. The third-order valence-electron chi connectivity index (χ3n) is 2.59. The average molecular weight is 223 g/mol. The van der Waals surface area contributed by atoms with Gasteiger partial charge in [0, 0.05) is 22.9 Å². The van der Waals surface area contributed by atoms with Crippen LogP contribution in [0.25, 0.3) is 10.9 Å². The molecule has 0 aliphatic rings. The lowest BCUT2D eigenvalue weighted by atomic mass is 10.2. The van der Waals surface area contributed by atoms with Gasteiger partial charge in [-0.2, -0.15) is 12.6 Å². The van der Waals surface area contributed by atoms with E-state index in [1.807, 2.05) is 12.1 Å². The summed E-state index contributed by atoms with van der Waals surface area (Å²) in [5.41, 5.74) is 2.02. The minimum atomic E-state index is -0.157. The van der Waals surface area contributed by atoms with E-state index >= 15 is 0 Å². The van der Waals surface area contributed by atoms with E-state index in [2.05, 4.69) is 31.0 Å². The summed E-state index contributed by atoms with van der Waals surface area (Å²) in [7, 11) is 0. The highest BCUT2D eigenvalue weighted by atomic mass is 32.1. The van der Waals surface area contributed by atoms with E-state index in [4.69, 9.17) is 0 Å². The first-order valence-electron chi connectivity index (χ1n) is 5.04. The maximum Gasteiger partial charge on any atom is 0.132 e. The molecule has 2 aromatic rings. The maximum absolute atomic E-state index is 13.5. The predicted molar refractivity (Wildman–Crippen MR) is 65.0 cm³/mol. The lowest BCUT2D eigenvalue weighted by molar-refractivity contribution is 0.605. The zero-order valence-electron chi connectivity index (χ0n) is 8.87. The summed E-state index contributed by atoms with van der Waals surface area (Å²) in [6.45, 7) is 4.19. The van der Waals surface area contributed by atoms with Gasteiger partial charge in [-0.3, -0.25) is 0 Å². The number of fused-ring (bicyclic) bond motifs is 1. The molecule has 1 heterocycles. The van der Waals surface area contributed by atoms with Crippen LogP contribution in [0, 0.1) is 5.82 Å². The van der Waals surface area contributed by atoms with Crippen LogP contribution in [0.1, 0.15) is 25.6 Å². The summed E-state index contributed by atoms with van der Waals surface area (Å²) in [5.74, 6) is 0.474. The van der Waals surface area contributed by atoms with Crippen molar-refractivity contribution in [3.05, 3.63) is 35.8 Å². The quantitative estimate of drug-likeness (QED) is 0.739. The fourth-order valence-corrected chi connectivity index (χ4v) is 2.24. The van der Waals surface area contributed by atoms with Crippen LogP contribution in [0.3, 0.4) is 0 Å². The highest BCUT2D eigenvalue weighted by molar-refractivity contribution is 7.79. The van der Waals surface area contributed by atoms with Crippen LogP contribution in [0.5, 0.6) is 0 Å². The zero-order valence-corrected chi connectivity index (χ0v) is 9.76. The Morgan fingerprint density at radius 2 is 2.13 bits per heavy atom. The summed E-state index contributed by atoms with van der Waals surface area (Å²) >= 11 is 4.28. The Bertz CT molecular complexity index is 488. The number of halogens is 1. The van der Waals surface area contributed by atoms with Crippen LogP contribution in [-0.2, 0) is 5.75 Å². The van der Waals surface area contributed by atoms with Gasteiger partial charge in [-0.25, -0.2) is 4.39 Å². The van der Waals surface area contributed by atoms with Crippen LogP contribution in [-0.4, -0.2) is 4.57 Å². The van der Waals surface area contributed by atoms with Crippen molar-refractivity contribution in [1.82, 2.24) is 4.57 Å². The van der Waals surface area contributed by atoms with Crippen molar-refractivity contribution >= 4 is 23.5 Å². The molecule has 0 aliphatic heterocycles. The molecule has 0 atom stereocenters. The van der Waals surface area contributed by atoms with E-state index in [1.54, 1.807) is 6.07 Å². The highest BCUT2D eigenvalue weighted by Gasteiger charge is 2.12. The molecular formula is C12H14FNS. The van der Waals surface area contributed by atoms with Crippen molar-refractivity contribution in [1.29, 1.82) is 0 Å². The van der Waals surface area contributed by atoms with Gasteiger partial charge < -0.3 is 4.57 Å². The van der Waals surface area contributed by atoms with Gasteiger partial charge in [0.2, 0.25) is 0 Å². The molecule has 80 valence electrons. The number of benzene rings is 1. The van der Waals surface area contributed by atoms with Crippen molar-refractivity contribution < 1.29 is 4.39 Å². The topological polar surface area (TPSA) is 4.93 Å². The lowest BCUT2D eigenvalue weighted by Gasteiger charge is -2.13. The molecule has 1 nitrogen and oxygen atoms in total. The monoisotopic (exact) mass is 223 g/mol. The second-order valence-electron chi connectivity index (χ2n) is 3.93. The normalized spacial score (nSPS) is 11.5. The molecule has 0 amide bonds. The Labute approximate surface area is 94.3 Å². The van der Waals surface area contributed by atoms with Crippen LogP contribution in [0.2, 0.25) is 0 Å². The summed E-state index contributed by atoms with van der Waals surface area (Å²) in [4.78, 5) is 0. The van der Waals surface area contributed by atoms with Gasteiger partial charge >= 0.3 is 0 Å². The van der Waals surface area contributed by atoms with Gasteiger partial charge in [-0.05, 0) is 32.0 Å². The van der Waals surface area contributed by atoms with Crippen molar-refractivity contribution in [2.24, 2.45) is 0 Å². The Morgan fingerprint density at radius 1 is 1.40 bits per heavy atom. The first-order valence-corrected chi connectivity index (χ1v) is 5.67. The highest BCUT2D eigenvalue weighted by Crippen LogP contribution is 2.26. The summed E-state index contributed by atoms with van der Waals surface area (Å²) in [6, 6.07) is 7.41. The number of nitrogens with zero attached hydrogens (tertiary/aromatic N) is 1. The summed E-state index contributed by atoms with van der Waals surface area (Å²) in [5, 5.41) is 0.690. The lowest BCUT2D eigenvalue weighted by Crippen LogP contribution is -2.03. The van der Waals surface area contributed by atoms with Gasteiger partial charge in [0.1, 0.15) is 5.82 Å². The molecule has 0 bridgehead atoms. The molecule has 0 radical (unpaired) electrons. The second kappa shape index (κ2) is 3.89. The van der Waals surface area contributed by atoms with E-state index in [1.165, 1.54) is 6.07 Å².